The molecule has 2 nitrogen and oxygen atoms in total. The van der Waals surface area contributed by atoms with E-state index >= 15 is 0 Å². The summed E-state index contributed by atoms with van der Waals surface area (Å²) in [6, 6.07) is 7.63. The van der Waals surface area contributed by atoms with Crippen molar-refractivity contribution in [1.82, 2.24) is 4.98 Å². The molecule has 0 amide bonds. The van der Waals surface area contributed by atoms with Crippen LogP contribution in [-0.2, 0) is 13.0 Å². The van der Waals surface area contributed by atoms with Gasteiger partial charge in [0.05, 0.1) is 17.2 Å². The van der Waals surface area contributed by atoms with Crippen LogP contribution in [0, 0.1) is 0 Å². The highest BCUT2D eigenvalue weighted by Crippen LogP contribution is 2.29. The average molecular weight is 268 g/mol. The number of hydrogen-bond donors (Lipinski definition) is 1. The van der Waals surface area contributed by atoms with E-state index < -0.39 is 0 Å². The maximum absolute atomic E-state index is 9.30. The molecular weight excluding hydrogens is 254 g/mol. The molecule has 0 fully saturated rings. The monoisotopic (exact) mass is 267 g/mol. The van der Waals surface area contributed by atoms with Gasteiger partial charge in [-0.25, -0.2) is 4.98 Å². The smallest absolute Gasteiger partial charge is 0.123 e. The molecule has 0 aliphatic rings. The van der Waals surface area contributed by atoms with E-state index in [-0.39, 0.29) is 6.61 Å². The van der Waals surface area contributed by atoms with Gasteiger partial charge in [0.1, 0.15) is 5.01 Å². The van der Waals surface area contributed by atoms with Gasteiger partial charge in [0, 0.05) is 10.6 Å². The van der Waals surface area contributed by atoms with E-state index in [1.54, 1.807) is 11.3 Å². The van der Waals surface area contributed by atoms with Crippen LogP contribution in [0.15, 0.2) is 24.3 Å². The Labute approximate surface area is 110 Å². The van der Waals surface area contributed by atoms with Crippen LogP contribution in [0.5, 0.6) is 0 Å². The van der Waals surface area contributed by atoms with Gasteiger partial charge in [-0.1, -0.05) is 37.1 Å². The fourth-order valence-corrected chi connectivity index (χ4v) is 2.75. The second-order valence-electron chi connectivity index (χ2n) is 3.80. The van der Waals surface area contributed by atoms with Crippen molar-refractivity contribution in [2.75, 3.05) is 0 Å². The first kappa shape index (κ1) is 12.6. The van der Waals surface area contributed by atoms with E-state index in [0.29, 0.717) is 0 Å². The maximum atomic E-state index is 9.30. The minimum absolute atomic E-state index is 0.0700. The van der Waals surface area contributed by atoms with E-state index in [4.69, 9.17) is 11.6 Å². The minimum Gasteiger partial charge on any atom is -0.391 e. The predicted molar refractivity (Wildman–Crippen MR) is 72.5 cm³/mol. The quantitative estimate of drug-likeness (QED) is 0.911. The number of aromatic nitrogens is 1. The van der Waals surface area contributed by atoms with Crippen LogP contribution < -0.4 is 0 Å². The van der Waals surface area contributed by atoms with E-state index in [0.717, 1.165) is 39.0 Å². The second-order valence-corrected chi connectivity index (χ2v) is 5.32. The van der Waals surface area contributed by atoms with Crippen LogP contribution in [0.1, 0.15) is 23.9 Å². The summed E-state index contributed by atoms with van der Waals surface area (Å²) < 4.78 is 0. The standard InChI is InChI=1S/C13H14ClNOS/c1-2-3-11-12(8-16)17-13(15-11)9-4-6-10(14)7-5-9/h4-7,16H,2-3,8H2,1H3. The van der Waals surface area contributed by atoms with Crippen LogP contribution in [-0.4, -0.2) is 10.1 Å². The summed E-state index contributed by atoms with van der Waals surface area (Å²) >= 11 is 7.41. The number of thiazole rings is 1. The molecule has 0 aliphatic carbocycles. The number of nitrogens with zero attached hydrogens (tertiary/aromatic N) is 1. The predicted octanol–water partition coefficient (Wildman–Crippen LogP) is 3.91. The van der Waals surface area contributed by atoms with Gasteiger partial charge in [0.25, 0.3) is 0 Å². The van der Waals surface area contributed by atoms with Crippen molar-refractivity contribution in [3.8, 4) is 10.6 Å². The minimum atomic E-state index is 0.0700. The summed E-state index contributed by atoms with van der Waals surface area (Å²) in [4.78, 5) is 5.56. The number of halogens is 1. The summed E-state index contributed by atoms with van der Waals surface area (Å²) in [5.41, 5.74) is 2.07. The first-order valence-electron chi connectivity index (χ1n) is 5.60. The first-order chi connectivity index (χ1) is 8.24. The molecule has 0 saturated carbocycles. The lowest BCUT2D eigenvalue weighted by Crippen LogP contribution is -1.89. The Morgan fingerprint density at radius 2 is 2.00 bits per heavy atom. The number of aryl methyl sites for hydroxylation is 1. The van der Waals surface area contributed by atoms with Crippen LogP contribution in [0.25, 0.3) is 10.6 Å². The molecule has 2 aromatic rings. The first-order valence-corrected chi connectivity index (χ1v) is 6.79. The number of aliphatic hydroxyl groups excluding tert-OH is 1. The highest BCUT2D eigenvalue weighted by atomic mass is 35.5. The van der Waals surface area contributed by atoms with Crippen LogP contribution >= 0.6 is 22.9 Å². The molecule has 17 heavy (non-hydrogen) atoms. The summed E-state index contributed by atoms with van der Waals surface area (Å²) in [5.74, 6) is 0. The van der Waals surface area contributed by atoms with Gasteiger partial charge in [-0.3, -0.25) is 0 Å². The SMILES string of the molecule is CCCc1nc(-c2ccc(Cl)cc2)sc1CO. The third kappa shape index (κ3) is 2.86. The lowest BCUT2D eigenvalue weighted by atomic mass is 10.2. The molecule has 0 spiro atoms. The maximum Gasteiger partial charge on any atom is 0.123 e. The van der Waals surface area contributed by atoms with Gasteiger partial charge in [-0.05, 0) is 18.6 Å². The number of hydrogen-bond acceptors (Lipinski definition) is 3. The molecular formula is C13H14ClNOS. The molecule has 2 rings (SSSR count). The molecule has 90 valence electrons. The normalized spacial score (nSPS) is 10.8. The molecule has 1 N–H and O–H groups in total. The van der Waals surface area contributed by atoms with Gasteiger partial charge in [-0.2, -0.15) is 0 Å². The number of benzene rings is 1. The summed E-state index contributed by atoms with van der Waals surface area (Å²) in [7, 11) is 0. The zero-order chi connectivity index (χ0) is 12.3. The van der Waals surface area contributed by atoms with Crippen molar-refractivity contribution in [2.45, 2.75) is 26.4 Å². The molecule has 1 heterocycles. The Morgan fingerprint density at radius 1 is 1.29 bits per heavy atom. The summed E-state index contributed by atoms with van der Waals surface area (Å²) in [5, 5.41) is 11.0. The van der Waals surface area contributed by atoms with Crippen molar-refractivity contribution in [1.29, 1.82) is 0 Å². The van der Waals surface area contributed by atoms with Gasteiger partial charge in [0.2, 0.25) is 0 Å². The fraction of sp³-hybridized carbons (Fsp3) is 0.308. The average Bonchev–Trinajstić information content (AvgIpc) is 2.74. The van der Waals surface area contributed by atoms with E-state index in [9.17, 15) is 5.11 Å². The van der Waals surface area contributed by atoms with Gasteiger partial charge >= 0.3 is 0 Å². The highest BCUT2D eigenvalue weighted by molar-refractivity contribution is 7.15. The van der Waals surface area contributed by atoms with Gasteiger partial charge in [-0.15, -0.1) is 11.3 Å². The van der Waals surface area contributed by atoms with Gasteiger partial charge in [0.15, 0.2) is 0 Å². The highest BCUT2D eigenvalue weighted by Gasteiger charge is 2.10. The number of rotatable bonds is 4. The van der Waals surface area contributed by atoms with E-state index in [1.807, 2.05) is 24.3 Å². The summed E-state index contributed by atoms with van der Waals surface area (Å²) in [6.45, 7) is 2.18. The van der Waals surface area contributed by atoms with Crippen molar-refractivity contribution < 1.29 is 5.11 Å². The number of aliphatic hydroxyl groups is 1. The van der Waals surface area contributed by atoms with Crippen LogP contribution in [0.4, 0.5) is 0 Å². The molecule has 0 radical (unpaired) electrons. The van der Waals surface area contributed by atoms with Crippen LogP contribution in [0.3, 0.4) is 0 Å². The Hall–Kier alpha value is -0.900. The van der Waals surface area contributed by atoms with Crippen molar-refractivity contribution >= 4 is 22.9 Å². The van der Waals surface area contributed by atoms with E-state index in [2.05, 4.69) is 11.9 Å². The zero-order valence-corrected chi connectivity index (χ0v) is 11.2. The topological polar surface area (TPSA) is 33.1 Å². The molecule has 1 aromatic heterocycles. The Balaban J connectivity index is 2.35. The lowest BCUT2D eigenvalue weighted by molar-refractivity contribution is 0.284. The molecule has 1 aromatic carbocycles. The lowest BCUT2D eigenvalue weighted by Gasteiger charge is -1.95. The Kier molecular flexibility index (Phi) is 4.15. The zero-order valence-electron chi connectivity index (χ0n) is 9.61. The Morgan fingerprint density at radius 3 is 2.59 bits per heavy atom. The molecule has 0 saturated heterocycles. The van der Waals surface area contributed by atoms with Crippen molar-refractivity contribution in [3.05, 3.63) is 39.9 Å². The van der Waals surface area contributed by atoms with Gasteiger partial charge < -0.3 is 5.11 Å². The second kappa shape index (κ2) is 5.63. The molecule has 0 aliphatic heterocycles. The molecule has 0 bridgehead atoms. The third-order valence-corrected chi connectivity index (χ3v) is 3.88. The molecule has 0 unspecified atom stereocenters. The third-order valence-electron chi connectivity index (χ3n) is 2.50. The molecule has 0 atom stereocenters. The van der Waals surface area contributed by atoms with Crippen molar-refractivity contribution in [2.24, 2.45) is 0 Å². The molecule has 4 heteroatoms. The van der Waals surface area contributed by atoms with Crippen molar-refractivity contribution in [3.63, 3.8) is 0 Å². The fourth-order valence-electron chi connectivity index (χ4n) is 1.65. The Bertz CT molecular complexity index is 493. The summed E-state index contributed by atoms with van der Waals surface area (Å²) in [6.07, 6.45) is 1.96. The van der Waals surface area contributed by atoms with Crippen LogP contribution in [0.2, 0.25) is 5.02 Å². The largest absolute Gasteiger partial charge is 0.391 e. The van der Waals surface area contributed by atoms with E-state index in [1.165, 1.54) is 0 Å².